The van der Waals surface area contributed by atoms with Crippen LogP contribution in [0, 0.1) is 6.92 Å². The van der Waals surface area contributed by atoms with E-state index in [9.17, 15) is 4.79 Å². The van der Waals surface area contributed by atoms with E-state index in [0.29, 0.717) is 10.8 Å². The number of fused-ring (bicyclic) bond motifs is 1. The summed E-state index contributed by atoms with van der Waals surface area (Å²) < 4.78 is 0. The Morgan fingerprint density at radius 2 is 2.16 bits per heavy atom. The third-order valence-electron chi connectivity index (χ3n) is 3.11. The van der Waals surface area contributed by atoms with Crippen LogP contribution in [0.1, 0.15) is 16.1 Å². The van der Waals surface area contributed by atoms with Gasteiger partial charge in [0.1, 0.15) is 10.8 Å². The molecule has 0 unspecified atom stereocenters. The molecule has 19 heavy (non-hydrogen) atoms. The SMILES string of the molecule is Cc1cc(Cl)ncc1-c1c[nH]c2c(C=O)nccc12. The van der Waals surface area contributed by atoms with Crippen LogP contribution in [0.15, 0.2) is 30.7 Å². The zero-order valence-electron chi connectivity index (χ0n) is 10.1. The predicted octanol–water partition coefficient (Wildman–Crippen LogP) is 3.40. The van der Waals surface area contributed by atoms with Crippen molar-refractivity contribution in [2.75, 3.05) is 0 Å². The highest BCUT2D eigenvalue weighted by atomic mass is 35.5. The molecule has 0 aliphatic rings. The number of aldehydes is 1. The lowest BCUT2D eigenvalue weighted by molar-refractivity contribution is 0.112. The first-order chi connectivity index (χ1) is 9.20. The van der Waals surface area contributed by atoms with Gasteiger partial charge in [-0.3, -0.25) is 9.78 Å². The molecule has 0 radical (unpaired) electrons. The average molecular weight is 272 g/mol. The van der Waals surface area contributed by atoms with Gasteiger partial charge in [-0.15, -0.1) is 0 Å². The summed E-state index contributed by atoms with van der Waals surface area (Å²) in [5.74, 6) is 0. The molecule has 0 saturated carbocycles. The van der Waals surface area contributed by atoms with E-state index >= 15 is 0 Å². The molecule has 0 bridgehead atoms. The van der Waals surface area contributed by atoms with Crippen LogP contribution >= 0.6 is 11.6 Å². The molecule has 3 rings (SSSR count). The molecule has 3 aromatic heterocycles. The molecule has 0 saturated heterocycles. The van der Waals surface area contributed by atoms with Crippen molar-refractivity contribution in [3.63, 3.8) is 0 Å². The van der Waals surface area contributed by atoms with Crippen LogP contribution < -0.4 is 0 Å². The molecule has 0 atom stereocenters. The average Bonchev–Trinajstić information content (AvgIpc) is 2.82. The number of halogens is 1. The van der Waals surface area contributed by atoms with Crippen molar-refractivity contribution >= 4 is 28.8 Å². The molecule has 0 aliphatic carbocycles. The lowest BCUT2D eigenvalue weighted by Gasteiger charge is -2.04. The number of rotatable bonds is 2. The van der Waals surface area contributed by atoms with E-state index in [4.69, 9.17) is 11.6 Å². The van der Waals surface area contributed by atoms with Crippen LogP contribution in [-0.2, 0) is 0 Å². The van der Waals surface area contributed by atoms with Gasteiger partial charge >= 0.3 is 0 Å². The minimum Gasteiger partial charge on any atom is -0.359 e. The topological polar surface area (TPSA) is 58.6 Å². The van der Waals surface area contributed by atoms with Crippen molar-refractivity contribution in [3.8, 4) is 11.1 Å². The molecule has 1 N–H and O–H groups in total. The van der Waals surface area contributed by atoms with E-state index in [0.717, 1.165) is 33.9 Å². The monoisotopic (exact) mass is 271 g/mol. The molecule has 0 spiro atoms. The molecular weight excluding hydrogens is 262 g/mol. The van der Waals surface area contributed by atoms with Gasteiger partial charge in [0.05, 0.1) is 5.52 Å². The molecule has 3 aromatic rings. The maximum atomic E-state index is 11.0. The van der Waals surface area contributed by atoms with E-state index in [2.05, 4.69) is 15.0 Å². The number of aromatic amines is 1. The third-order valence-corrected chi connectivity index (χ3v) is 3.32. The van der Waals surface area contributed by atoms with Crippen LogP contribution in [0.3, 0.4) is 0 Å². The normalized spacial score (nSPS) is 10.8. The van der Waals surface area contributed by atoms with Gasteiger partial charge in [-0.05, 0) is 24.6 Å². The Hall–Kier alpha value is -2.20. The van der Waals surface area contributed by atoms with E-state index in [1.807, 2.05) is 25.3 Å². The van der Waals surface area contributed by atoms with Crippen molar-refractivity contribution in [1.29, 1.82) is 0 Å². The Bertz CT molecular complexity index is 779. The lowest BCUT2D eigenvalue weighted by atomic mass is 10.0. The van der Waals surface area contributed by atoms with Crippen molar-refractivity contribution in [2.24, 2.45) is 0 Å². The summed E-state index contributed by atoms with van der Waals surface area (Å²) in [6.07, 6.45) is 5.97. The van der Waals surface area contributed by atoms with Crippen LogP contribution in [0.25, 0.3) is 22.0 Å². The quantitative estimate of drug-likeness (QED) is 0.574. The fraction of sp³-hybridized carbons (Fsp3) is 0.0714. The van der Waals surface area contributed by atoms with Gasteiger partial charge in [0, 0.05) is 35.1 Å². The number of aryl methyl sites for hydroxylation is 1. The molecule has 3 heterocycles. The van der Waals surface area contributed by atoms with Crippen molar-refractivity contribution < 1.29 is 4.79 Å². The van der Waals surface area contributed by atoms with Crippen molar-refractivity contribution in [2.45, 2.75) is 6.92 Å². The van der Waals surface area contributed by atoms with Gasteiger partial charge in [-0.2, -0.15) is 0 Å². The number of nitrogens with one attached hydrogen (secondary N) is 1. The zero-order valence-corrected chi connectivity index (χ0v) is 10.9. The molecule has 94 valence electrons. The van der Waals surface area contributed by atoms with Gasteiger partial charge in [0.15, 0.2) is 6.29 Å². The second-order valence-corrected chi connectivity index (χ2v) is 4.65. The van der Waals surface area contributed by atoms with Crippen LogP contribution in [0.2, 0.25) is 5.15 Å². The lowest BCUT2D eigenvalue weighted by Crippen LogP contribution is -1.88. The summed E-state index contributed by atoms with van der Waals surface area (Å²) in [6, 6.07) is 3.69. The number of aromatic nitrogens is 3. The van der Waals surface area contributed by atoms with Gasteiger partial charge in [0.2, 0.25) is 0 Å². The second kappa shape index (κ2) is 4.48. The minimum absolute atomic E-state index is 0.406. The highest BCUT2D eigenvalue weighted by molar-refractivity contribution is 6.29. The summed E-state index contributed by atoms with van der Waals surface area (Å²) in [5, 5.41) is 1.42. The summed E-state index contributed by atoms with van der Waals surface area (Å²) >= 11 is 5.87. The number of nitrogens with zero attached hydrogens (tertiary/aromatic N) is 2. The minimum atomic E-state index is 0.406. The first-order valence-corrected chi connectivity index (χ1v) is 6.12. The maximum Gasteiger partial charge on any atom is 0.170 e. The standard InChI is InChI=1S/C14H10ClN3O/c1-8-4-13(15)17-5-10(8)11-6-18-14-9(11)2-3-16-12(14)7-19/h2-7,18H,1H3. The van der Waals surface area contributed by atoms with E-state index < -0.39 is 0 Å². The number of pyridine rings is 2. The van der Waals surface area contributed by atoms with Crippen molar-refractivity contribution in [3.05, 3.63) is 47.1 Å². The van der Waals surface area contributed by atoms with Crippen LogP contribution in [-0.4, -0.2) is 21.2 Å². The Kier molecular flexibility index (Phi) is 2.80. The summed E-state index contributed by atoms with van der Waals surface area (Å²) in [7, 11) is 0. The second-order valence-electron chi connectivity index (χ2n) is 4.26. The van der Waals surface area contributed by atoms with E-state index in [1.54, 1.807) is 12.4 Å². The number of carbonyl (C=O) groups is 1. The highest BCUT2D eigenvalue weighted by Gasteiger charge is 2.12. The van der Waals surface area contributed by atoms with Crippen LogP contribution in [0.4, 0.5) is 0 Å². The number of hydrogen-bond acceptors (Lipinski definition) is 3. The predicted molar refractivity (Wildman–Crippen MR) is 74.5 cm³/mol. The van der Waals surface area contributed by atoms with Gasteiger partial charge in [0.25, 0.3) is 0 Å². The molecule has 4 nitrogen and oxygen atoms in total. The van der Waals surface area contributed by atoms with Gasteiger partial charge < -0.3 is 4.98 Å². The molecule has 0 aromatic carbocycles. The number of hydrogen-bond donors (Lipinski definition) is 1. The Morgan fingerprint density at radius 1 is 1.32 bits per heavy atom. The fourth-order valence-electron chi connectivity index (χ4n) is 2.19. The summed E-state index contributed by atoms with van der Waals surface area (Å²) in [6.45, 7) is 1.98. The largest absolute Gasteiger partial charge is 0.359 e. The van der Waals surface area contributed by atoms with Crippen molar-refractivity contribution in [1.82, 2.24) is 15.0 Å². The maximum absolute atomic E-state index is 11.0. The van der Waals surface area contributed by atoms with Gasteiger partial charge in [-0.25, -0.2) is 4.98 Å². The molecule has 5 heteroatoms. The van der Waals surface area contributed by atoms with E-state index in [1.165, 1.54) is 0 Å². The summed E-state index contributed by atoms with van der Waals surface area (Å²) in [5.41, 5.74) is 4.15. The number of H-pyrrole nitrogens is 1. The molecule has 0 aliphatic heterocycles. The Morgan fingerprint density at radius 3 is 2.89 bits per heavy atom. The number of carbonyl (C=O) groups excluding carboxylic acids is 1. The molecule has 0 amide bonds. The highest BCUT2D eigenvalue weighted by Crippen LogP contribution is 2.31. The third kappa shape index (κ3) is 1.90. The van der Waals surface area contributed by atoms with Crippen LogP contribution in [0.5, 0.6) is 0 Å². The first-order valence-electron chi connectivity index (χ1n) is 5.74. The molecular formula is C14H10ClN3O. The Labute approximate surface area is 114 Å². The Balaban J connectivity index is 2.29. The van der Waals surface area contributed by atoms with E-state index in [-0.39, 0.29) is 0 Å². The molecule has 0 fully saturated rings. The zero-order chi connectivity index (χ0) is 13.4. The fourth-order valence-corrected chi connectivity index (χ4v) is 2.40. The first kappa shape index (κ1) is 11.9. The smallest absolute Gasteiger partial charge is 0.170 e. The summed E-state index contributed by atoms with van der Waals surface area (Å²) in [4.78, 5) is 22.2. The van der Waals surface area contributed by atoms with Gasteiger partial charge in [-0.1, -0.05) is 11.6 Å².